The van der Waals surface area contributed by atoms with Gasteiger partial charge in [0.25, 0.3) is 0 Å². The monoisotopic (exact) mass is 390 g/mol. The van der Waals surface area contributed by atoms with Crippen LogP contribution in [0.5, 0.6) is 5.88 Å². The molecule has 0 amide bonds. The van der Waals surface area contributed by atoms with Gasteiger partial charge in [-0.1, -0.05) is 0 Å². The largest absolute Gasteiger partial charge is 0.476 e. The van der Waals surface area contributed by atoms with Crippen molar-refractivity contribution in [2.75, 3.05) is 46.1 Å². The van der Waals surface area contributed by atoms with Crippen molar-refractivity contribution in [2.24, 2.45) is 7.05 Å². The van der Waals surface area contributed by atoms with Crippen molar-refractivity contribution in [3.8, 4) is 5.88 Å². The average Bonchev–Trinajstić information content (AvgIpc) is 3.11. The maximum atomic E-state index is 12.2. The molecule has 1 N–H and O–H groups in total. The topological polar surface area (TPSA) is 98.9 Å². The van der Waals surface area contributed by atoms with E-state index in [1.807, 2.05) is 0 Å². The highest BCUT2D eigenvalue weighted by Gasteiger charge is 2.26. The Kier molecular flexibility index (Phi) is 6.96. The quantitative estimate of drug-likeness (QED) is 0.661. The summed E-state index contributed by atoms with van der Waals surface area (Å²) in [6, 6.07) is 3.44. The third kappa shape index (κ3) is 4.86. The van der Waals surface area contributed by atoms with E-state index in [4.69, 9.17) is 14.2 Å². The molecule has 9 heteroatoms. The summed E-state index contributed by atoms with van der Waals surface area (Å²) in [7, 11) is 1.68. The number of aliphatic hydroxyl groups is 1. The smallest absolute Gasteiger partial charge is 0.359 e. The van der Waals surface area contributed by atoms with Crippen molar-refractivity contribution in [2.45, 2.75) is 13.0 Å². The summed E-state index contributed by atoms with van der Waals surface area (Å²) in [4.78, 5) is 18.7. The lowest BCUT2D eigenvalue weighted by molar-refractivity contribution is 0.0318. The maximum Gasteiger partial charge on any atom is 0.359 e. The number of carbonyl (C=O) groups is 1. The van der Waals surface area contributed by atoms with E-state index in [0.29, 0.717) is 23.6 Å². The molecular formula is C19H26N4O5. The zero-order valence-corrected chi connectivity index (χ0v) is 16.2. The normalized spacial score (nSPS) is 16.0. The Morgan fingerprint density at radius 2 is 2.14 bits per heavy atom. The highest BCUT2D eigenvalue weighted by molar-refractivity contribution is 5.89. The molecule has 1 unspecified atom stereocenters. The number of aromatic nitrogens is 3. The molecule has 1 aliphatic heterocycles. The predicted octanol–water partition coefficient (Wildman–Crippen LogP) is 0.784. The first kappa shape index (κ1) is 20.2. The first-order chi connectivity index (χ1) is 13.6. The van der Waals surface area contributed by atoms with E-state index in [9.17, 15) is 9.90 Å². The van der Waals surface area contributed by atoms with Crippen LogP contribution in [0.15, 0.2) is 24.5 Å². The molecular weight excluding hydrogens is 364 g/mol. The molecule has 1 aliphatic rings. The molecule has 3 rings (SSSR count). The summed E-state index contributed by atoms with van der Waals surface area (Å²) in [6.07, 6.45) is 2.09. The lowest BCUT2D eigenvalue weighted by Crippen LogP contribution is -2.38. The highest BCUT2D eigenvalue weighted by atomic mass is 16.5. The lowest BCUT2D eigenvalue weighted by Gasteiger charge is -2.26. The van der Waals surface area contributed by atoms with Crippen LogP contribution in [0.1, 0.15) is 34.6 Å². The van der Waals surface area contributed by atoms with Crippen molar-refractivity contribution in [1.29, 1.82) is 0 Å². The van der Waals surface area contributed by atoms with Crippen LogP contribution < -0.4 is 4.74 Å². The van der Waals surface area contributed by atoms with Crippen molar-refractivity contribution >= 4 is 5.97 Å². The van der Waals surface area contributed by atoms with Crippen LogP contribution in [0.25, 0.3) is 0 Å². The van der Waals surface area contributed by atoms with Gasteiger partial charge >= 0.3 is 5.97 Å². The average molecular weight is 390 g/mol. The van der Waals surface area contributed by atoms with Crippen molar-refractivity contribution in [3.63, 3.8) is 0 Å². The molecule has 1 saturated heterocycles. The molecule has 2 aromatic rings. The molecule has 0 saturated carbocycles. The number of hydrogen-bond donors (Lipinski definition) is 1. The number of aryl methyl sites for hydroxylation is 1. The van der Waals surface area contributed by atoms with Crippen molar-refractivity contribution in [3.05, 3.63) is 41.3 Å². The SMILES string of the molecule is CCOC(=O)c1nn(C)cc1C(O)c1cccnc1OCCN1CCOCC1. The van der Waals surface area contributed by atoms with Gasteiger partial charge in [0.15, 0.2) is 5.69 Å². The molecule has 9 nitrogen and oxygen atoms in total. The number of pyridine rings is 1. The van der Waals surface area contributed by atoms with Crippen LogP contribution in [0, 0.1) is 0 Å². The van der Waals surface area contributed by atoms with Gasteiger partial charge in [-0.15, -0.1) is 0 Å². The Labute approximate surface area is 163 Å². The van der Waals surface area contributed by atoms with Crippen LogP contribution in [-0.4, -0.2) is 76.8 Å². The molecule has 152 valence electrons. The molecule has 0 radical (unpaired) electrons. The number of nitrogens with zero attached hydrogens (tertiary/aromatic N) is 4. The fraction of sp³-hybridized carbons (Fsp3) is 0.526. The lowest BCUT2D eigenvalue weighted by atomic mass is 10.0. The first-order valence-electron chi connectivity index (χ1n) is 9.36. The number of esters is 1. The van der Waals surface area contributed by atoms with Crippen LogP contribution >= 0.6 is 0 Å². The van der Waals surface area contributed by atoms with Gasteiger partial charge in [-0.05, 0) is 19.1 Å². The van der Waals surface area contributed by atoms with E-state index in [2.05, 4.69) is 15.0 Å². The van der Waals surface area contributed by atoms with E-state index in [0.717, 1.165) is 32.8 Å². The molecule has 0 aromatic carbocycles. The minimum absolute atomic E-state index is 0.0833. The van der Waals surface area contributed by atoms with Crippen LogP contribution in [0.4, 0.5) is 0 Å². The minimum atomic E-state index is -1.11. The summed E-state index contributed by atoms with van der Waals surface area (Å²) in [5.74, 6) is -0.238. The molecule has 0 bridgehead atoms. The molecule has 2 aromatic heterocycles. The number of morpholine rings is 1. The fourth-order valence-electron chi connectivity index (χ4n) is 3.06. The van der Waals surface area contributed by atoms with Gasteiger partial charge in [-0.25, -0.2) is 9.78 Å². The predicted molar refractivity (Wildman–Crippen MR) is 100 cm³/mol. The van der Waals surface area contributed by atoms with Crippen LogP contribution in [0.2, 0.25) is 0 Å². The van der Waals surface area contributed by atoms with Gasteiger partial charge in [0, 0.05) is 50.2 Å². The summed E-state index contributed by atoms with van der Waals surface area (Å²) in [5, 5.41) is 15.1. The second-order valence-corrected chi connectivity index (χ2v) is 6.43. The van der Waals surface area contributed by atoms with Crippen LogP contribution in [0.3, 0.4) is 0 Å². The Balaban J connectivity index is 1.74. The van der Waals surface area contributed by atoms with E-state index < -0.39 is 12.1 Å². The minimum Gasteiger partial charge on any atom is -0.476 e. The number of aliphatic hydroxyl groups excluding tert-OH is 1. The fourth-order valence-corrected chi connectivity index (χ4v) is 3.06. The Bertz CT molecular complexity index is 788. The van der Waals surface area contributed by atoms with Crippen molar-refractivity contribution in [1.82, 2.24) is 19.7 Å². The zero-order valence-electron chi connectivity index (χ0n) is 16.2. The Morgan fingerprint density at radius 3 is 2.89 bits per heavy atom. The van der Waals surface area contributed by atoms with Gasteiger partial charge in [-0.3, -0.25) is 9.58 Å². The van der Waals surface area contributed by atoms with Gasteiger partial charge < -0.3 is 19.3 Å². The summed E-state index contributed by atoms with van der Waals surface area (Å²) in [6.45, 7) is 6.34. The van der Waals surface area contributed by atoms with E-state index in [-0.39, 0.29) is 12.3 Å². The second-order valence-electron chi connectivity index (χ2n) is 6.43. The number of hydrogen-bond acceptors (Lipinski definition) is 8. The third-order valence-electron chi connectivity index (χ3n) is 4.47. The standard InChI is InChI=1S/C19H26N4O5/c1-3-27-19(25)16-15(13-22(2)21-16)17(24)14-5-4-6-20-18(14)28-12-9-23-7-10-26-11-8-23/h4-6,13,17,24H,3,7-12H2,1-2H3. The van der Waals surface area contributed by atoms with E-state index in [1.165, 1.54) is 4.68 Å². The Hall–Kier alpha value is -2.49. The maximum absolute atomic E-state index is 12.2. The second kappa shape index (κ2) is 9.63. The summed E-state index contributed by atoms with van der Waals surface area (Å²) < 4.78 is 17.7. The molecule has 1 fully saturated rings. The Morgan fingerprint density at radius 1 is 1.36 bits per heavy atom. The first-order valence-corrected chi connectivity index (χ1v) is 9.36. The molecule has 28 heavy (non-hydrogen) atoms. The molecule has 0 aliphatic carbocycles. The number of ether oxygens (including phenoxy) is 3. The zero-order chi connectivity index (χ0) is 19.9. The highest BCUT2D eigenvalue weighted by Crippen LogP contribution is 2.30. The van der Waals surface area contributed by atoms with Gasteiger partial charge in [0.05, 0.1) is 19.8 Å². The third-order valence-corrected chi connectivity index (χ3v) is 4.47. The van der Waals surface area contributed by atoms with Crippen molar-refractivity contribution < 1.29 is 24.1 Å². The number of rotatable bonds is 8. The molecule has 3 heterocycles. The summed E-state index contributed by atoms with van der Waals surface area (Å²) >= 11 is 0. The molecule has 1 atom stereocenters. The van der Waals surface area contributed by atoms with E-state index >= 15 is 0 Å². The van der Waals surface area contributed by atoms with Gasteiger partial charge in [0.1, 0.15) is 12.7 Å². The van der Waals surface area contributed by atoms with E-state index in [1.54, 1.807) is 38.5 Å². The number of carbonyl (C=O) groups excluding carboxylic acids is 1. The summed E-state index contributed by atoms with van der Waals surface area (Å²) in [5.41, 5.74) is 0.912. The van der Waals surface area contributed by atoms with Gasteiger partial charge in [0.2, 0.25) is 5.88 Å². The van der Waals surface area contributed by atoms with Crippen LogP contribution in [-0.2, 0) is 16.5 Å². The van der Waals surface area contributed by atoms with Gasteiger partial charge in [-0.2, -0.15) is 5.10 Å². The molecule has 0 spiro atoms.